The van der Waals surface area contributed by atoms with Crippen LogP contribution >= 0.6 is 0 Å². The molecule has 76 valence electrons. The summed E-state index contributed by atoms with van der Waals surface area (Å²) in [6, 6.07) is -0.361. The van der Waals surface area contributed by atoms with Crippen molar-refractivity contribution in [2.75, 3.05) is 0 Å². The van der Waals surface area contributed by atoms with Crippen LogP contribution in [-0.2, 0) is 4.79 Å². The molecule has 1 aliphatic heterocycles. The number of hydrogen-bond donors (Lipinski definition) is 5. The number of aromatic nitrogens is 2. The van der Waals surface area contributed by atoms with Crippen molar-refractivity contribution >= 4 is 5.97 Å². The lowest BCUT2D eigenvalue weighted by Crippen LogP contribution is -2.34. The first-order chi connectivity index (χ1) is 6.77. The fourth-order valence-electron chi connectivity index (χ4n) is 1.46. The van der Waals surface area contributed by atoms with E-state index >= 15 is 0 Å². The summed E-state index contributed by atoms with van der Waals surface area (Å²) in [5, 5.41) is 8.66. The van der Waals surface area contributed by atoms with Crippen molar-refractivity contribution in [2.45, 2.75) is 18.5 Å². The quantitative estimate of drug-likeness (QED) is 0.422. The molecule has 0 spiro atoms. The van der Waals surface area contributed by atoms with Gasteiger partial charge in [-0.2, -0.15) is 5.53 Å². The molecule has 2 atom stereocenters. The summed E-state index contributed by atoms with van der Waals surface area (Å²) in [6.07, 6.45) is 3.37. The third-order valence-electron chi connectivity index (χ3n) is 2.10. The maximum absolute atomic E-state index is 10.5. The van der Waals surface area contributed by atoms with Crippen molar-refractivity contribution in [3.05, 3.63) is 18.2 Å². The number of hydrazine groups is 2. The molecule has 2 rings (SSSR count). The van der Waals surface area contributed by atoms with E-state index in [1.54, 1.807) is 12.4 Å². The molecule has 0 bridgehead atoms. The number of nitrogens with zero attached hydrogens (tertiary/aromatic N) is 1. The van der Waals surface area contributed by atoms with E-state index in [1.165, 1.54) is 0 Å². The summed E-state index contributed by atoms with van der Waals surface area (Å²) in [6.45, 7) is 0. The number of imidazole rings is 1. The Bertz CT molecular complexity index is 312. The van der Waals surface area contributed by atoms with Gasteiger partial charge in [-0.3, -0.25) is 4.79 Å². The van der Waals surface area contributed by atoms with E-state index < -0.39 is 5.97 Å². The molecule has 7 nitrogen and oxygen atoms in total. The highest BCUT2D eigenvalue weighted by Crippen LogP contribution is 2.16. The smallest absolute Gasteiger partial charge is 0.305 e. The zero-order chi connectivity index (χ0) is 9.97. The number of nitrogens with one attached hydrogen (secondary N) is 4. The maximum atomic E-state index is 10.5. The monoisotopic (exact) mass is 197 g/mol. The lowest BCUT2D eigenvalue weighted by Gasteiger charge is -2.12. The summed E-state index contributed by atoms with van der Waals surface area (Å²) in [5.41, 5.74) is 8.41. The third kappa shape index (κ3) is 1.74. The van der Waals surface area contributed by atoms with Crippen LogP contribution in [0.3, 0.4) is 0 Å². The van der Waals surface area contributed by atoms with Gasteiger partial charge in [0.05, 0.1) is 18.5 Å². The third-order valence-corrected chi connectivity index (χ3v) is 2.10. The average molecular weight is 197 g/mol. The lowest BCUT2D eigenvalue weighted by atomic mass is 10.1. The Balaban J connectivity index is 2.07. The standard InChI is InChI=1S/C7H11N5O2/c13-5(14)3-4-6(11-12-10-4)7-8-1-2-9-7/h1-2,4,6,10-12H,3H2,(H,8,9)(H,13,14). The fourth-order valence-corrected chi connectivity index (χ4v) is 1.46. The molecule has 0 amide bonds. The van der Waals surface area contributed by atoms with Crippen molar-refractivity contribution in [1.29, 1.82) is 0 Å². The minimum absolute atomic E-state index is 0.0331. The van der Waals surface area contributed by atoms with Crippen molar-refractivity contribution in [2.24, 2.45) is 0 Å². The van der Waals surface area contributed by atoms with E-state index in [4.69, 9.17) is 5.11 Å². The molecule has 1 aromatic rings. The van der Waals surface area contributed by atoms with Crippen LogP contribution in [-0.4, -0.2) is 27.1 Å². The number of carboxylic acid groups (broad SMARTS) is 1. The molecule has 0 radical (unpaired) electrons. The van der Waals surface area contributed by atoms with Gasteiger partial charge in [-0.05, 0) is 0 Å². The summed E-state index contributed by atoms with van der Waals surface area (Å²) in [4.78, 5) is 17.5. The number of H-pyrrole nitrogens is 1. The van der Waals surface area contributed by atoms with Crippen LogP contribution in [0.4, 0.5) is 0 Å². The van der Waals surface area contributed by atoms with E-state index in [2.05, 4.69) is 26.4 Å². The van der Waals surface area contributed by atoms with E-state index in [0.29, 0.717) is 5.82 Å². The summed E-state index contributed by atoms with van der Waals surface area (Å²) < 4.78 is 0. The van der Waals surface area contributed by atoms with E-state index in [1.807, 2.05) is 0 Å². The van der Waals surface area contributed by atoms with Gasteiger partial charge in [0.25, 0.3) is 0 Å². The predicted octanol–water partition coefficient (Wildman–Crippen LogP) is -1.09. The van der Waals surface area contributed by atoms with Crippen LogP contribution in [0.2, 0.25) is 0 Å². The van der Waals surface area contributed by atoms with Crippen LogP contribution < -0.4 is 16.4 Å². The Kier molecular flexibility index (Phi) is 2.44. The molecule has 2 heterocycles. The Morgan fingerprint density at radius 3 is 3.07 bits per heavy atom. The van der Waals surface area contributed by atoms with Crippen LogP contribution in [0.1, 0.15) is 18.3 Å². The number of aliphatic carboxylic acids is 1. The first-order valence-electron chi connectivity index (χ1n) is 4.24. The van der Waals surface area contributed by atoms with E-state index in [-0.39, 0.29) is 18.5 Å². The number of rotatable bonds is 3. The van der Waals surface area contributed by atoms with Gasteiger partial charge in [-0.15, -0.1) is 0 Å². The fraction of sp³-hybridized carbons (Fsp3) is 0.429. The van der Waals surface area contributed by atoms with Gasteiger partial charge in [0.1, 0.15) is 5.82 Å². The van der Waals surface area contributed by atoms with Crippen LogP contribution in [0.25, 0.3) is 0 Å². The molecule has 5 N–H and O–H groups in total. The van der Waals surface area contributed by atoms with E-state index in [9.17, 15) is 4.79 Å². The Morgan fingerprint density at radius 2 is 2.43 bits per heavy atom. The van der Waals surface area contributed by atoms with Crippen LogP contribution in [0.5, 0.6) is 0 Å². The zero-order valence-corrected chi connectivity index (χ0v) is 7.32. The highest BCUT2D eigenvalue weighted by molar-refractivity contribution is 5.67. The number of aromatic amines is 1. The zero-order valence-electron chi connectivity index (χ0n) is 7.32. The minimum Gasteiger partial charge on any atom is -0.481 e. The lowest BCUT2D eigenvalue weighted by molar-refractivity contribution is -0.137. The van der Waals surface area contributed by atoms with Gasteiger partial charge in [0.2, 0.25) is 0 Å². The molecule has 0 saturated carbocycles. The number of hydrogen-bond acceptors (Lipinski definition) is 5. The molecular weight excluding hydrogens is 186 g/mol. The molecule has 0 aliphatic carbocycles. The Hall–Kier alpha value is -1.44. The van der Waals surface area contributed by atoms with Gasteiger partial charge in [0, 0.05) is 12.4 Å². The van der Waals surface area contributed by atoms with Gasteiger partial charge in [-0.1, -0.05) is 0 Å². The first kappa shape index (κ1) is 9.13. The largest absolute Gasteiger partial charge is 0.481 e. The molecule has 1 saturated heterocycles. The van der Waals surface area contributed by atoms with Crippen LogP contribution in [0.15, 0.2) is 12.4 Å². The molecule has 1 aliphatic rings. The molecular formula is C7H11N5O2. The number of carbonyl (C=O) groups is 1. The predicted molar refractivity (Wildman–Crippen MR) is 46.8 cm³/mol. The topological polar surface area (TPSA) is 102 Å². The molecule has 14 heavy (non-hydrogen) atoms. The SMILES string of the molecule is O=C(O)CC1NNNC1c1ncc[nH]1. The van der Waals surface area contributed by atoms with E-state index in [0.717, 1.165) is 0 Å². The average Bonchev–Trinajstić information content (AvgIpc) is 2.70. The van der Waals surface area contributed by atoms with Gasteiger partial charge < -0.3 is 10.1 Å². The van der Waals surface area contributed by atoms with Crippen molar-refractivity contribution in [3.8, 4) is 0 Å². The second-order valence-electron chi connectivity index (χ2n) is 3.07. The van der Waals surface area contributed by atoms with Gasteiger partial charge in [-0.25, -0.2) is 15.8 Å². The minimum atomic E-state index is -0.843. The molecule has 1 fully saturated rings. The van der Waals surface area contributed by atoms with Crippen molar-refractivity contribution in [1.82, 2.24) is 26.4 Å². The van der Waals surface area contributed by atoms with Crippen molar-refractivity contribution < 1.29 is 9.90 Å². The molecule has 1 aromatic heterocycles. The number of carboxylic acids is 1. The summed E-state index contributed by atoms with van der Waals surface area (Å²) in [5.74, 6) is -0.127. The maximum Gasteiger partial charge on any atom is 0.305 e. The molecule has 0 aromatic carbocycles. The summed E-state index contributed by atoms with van der Waals surface area (Å²) >= 11 is 0. The molecule has 7 heteroatoms. The second-order valence-corrected chi connectivity index (χ2v) is 3.07. The first-order valence-corrected chi connectivity index (χ1v) is 4.24. The Morgan fingerprint density at radius 1 is 1.57 bits per heavy atom. The Labute approximate surface area is 79.9 Å². The normalized spacial score (nSPS) is 26.6. The highest BCUT2D eigenvalue weighted by Gasteiger charge is 2.31. The summed E-state index contributed by atoms with van der Waals surface area (Å²) in [7, 11) is 0. The van der Waals surface area contributed by atoms with Gasteiger partial charge in [0.15, 0.2) is 0 Å². The molecule has 2 unspecified atom stereocenters. The van der Waals surface area contributed by atoms with Crippen LogP contribution in [0, 0.1) is 0 Å². The van der Waals surface area contributed by atoms with Gasteiger partial charge >= 0.3 is 5.97 Å². The highest BCUT2D eigenvalue weighted by atomic mass is 16.4. The second kappa shape index (κ2) is 3.74. The van der Waals surface area contributed by atoms with Crippen molar-refractivity contribution in [3.63, 3.8) is 0 Å².